The number of amides is 1. The molecule has 3 rings (SSSR count). The van der Waals surface area contributed by atoms with Crippen LogP contribution in [-0.2, 0) is 22.3 Å². The van der Waals surface area contributed by atoms with Crippen LogP contribution in [0.15, 0.2) is 36.3 Å². The van der Waals surface area contributed by atoms with Gasteiger partial charge in [0.15, 0.2) is 0 Å². The summed E-state index contributed by atoms with van der Waals surface area (Å²) in [6.07, 6.45) is 2.11. The number of carboxylic acid groups (broad SMARTS) is 1. The minimum absolute atomic E-state index is 0.297. The highest BCUT2D eigenvalue weighted by Crippen LogP contribution is 2.36. The largest absolute Gasteiger partial charge is 0.486 e. The Balaban J connectivity index is 1.46. The van der Waals surface area contributed by atoms with Crippen molar-refractivity contribution < 1.29 is 19.2 Å². The zero-order valence-corrected chi connectivity index (χ0v) is 17.4. The summed E-state index contributed by atoms with van der Waals surface area (Å²) < 4.78 is 11.9. The summed E-state index contributed by atoms with van der Waals surface area (Å²) in [7, 11) is -0.297. The molecule has 0 atom stereocenters. The van der Waals surface area contributed by atoms with Gasteiger partial charge < -0.3 is 19.3 Å². The summed E-state index contributed by atoms with van der Waals surface area (Å²) in [6.45, 7) is 11.8. The van der Waals surface area contributed by atoms with Gasteiger partial charge in [0.1, 0.15) is 0 Å². The van der Waals surface area contributed by atoms with Crippen molar-refractivity contribution >= 4 is 13.2 Å². The van der Waals surface area contributed by atoms with Crippen molar-refractivity contribution in [2.45, 2.75) is 51.9 Å². The van der Waals surface area contributed by atoms with Gasteiger partial charge in [-0.2, -0.15) is 0 Å². The van der Waals surface area contributed by atoms with Crippen LogP contribution in [0.3, 0.4) is 0 Å². The fraction of sp³-hybridized carbons (Fsp3) is 0.571. The third-order valence-corrected chi connectivity index (χ3v) is 5.99. The third kappa shape index (κ3) is 4.96. The molecule has 2 heterocycles. The van der Waals surface area contributed by atoms with Gasteiger partial charge in [0, 0.05) is 32.7 Å². The number of benzene rings is 1. The van der Waals surface area contributed by atoms with Gasteiger partial charge >= 0.3 is 13.2 Å². The molecule has 0 saturated carbocycles. The number of hydrogen-bond acceptors (Lipinski definition) is 4. The van der Waals surface area contributed by atoms with E-state index in [4.69, 9.17) is 14.4 Å². The standard InChI is InChI=1S/C21H31BN2O4/c1-20(2)21(3,4)28-22(27-20)11-5-6-17-7-9-18(10-8-17)16-23-12-14-24(15-13-23)19(25)26/h5,7-11H,6,12-16H2,1-4H3,(H,25,26)/b11-5+. The lowest BCUT2D eigenvalue weighted by Gasteiger charge is -2.33. The lowest BCUT2D eigenvalue weighted by molar-refractivity contribution is 0.00578. The second-order valence-corrected chi connectivity index (χ2v) is 8.62. The third-order valence-electron chi connectivity index (χ3n) is 5.99. The van der Waals surface area contributed by atoms with E-state index >= 15 is 0 Å². The summed E-state index contributed by atoms with van der Waals surface area (Å²) in [5.74, 6) is 1.99. The SMILES string of the molecule is CC1(C)OB(/C=C/Cc2ccc(CN3CCN(C(=O)O)CC3)cc2)OC1(C)C. The quantitative estimate of drug-likeness (QED) is 0.788. The molecule has 7 heteroatoms. The zero-order valence-electron chi connectivity index (χ0n) is 17.4. The summed E-state index contributed by atoms with van der Waals surface area (Å²) in [6, 6.07) is 8.61. The van der Waals surface area contributed by atoms with E-state index in [1.807, 2.05) is 5.98 Å². The Hall–Kier alpha value is -1.83. The molecule has 1 aromatic rings. The molecular weight excluding hydrogens is 355 g/mol. The van der Waals surface area contributed by atoms with E-state index in [0.717, 1.165) is 26.1 Å². The molecule has 1 amide bonds. The Kier molecular flexibility index (Phi) is 6.17. The molecule has 2 aliphatic heterocycles. The second-order valence-electron chi connectivity index (χ2n) is 8.62. The Morgan fingerprint density at radius 2 is 1.57 bits per heavy atom. The van der Waals surface area contributed by atoms with Crippen LogP contribution < -0.4 is 0 Å². The average molecular weight is 386 g/mol. The van der Waals surface area contributed by atoms with E-state index in [1.54, 1.807) is 0 Å². The summed E-state index contributed by atoms with van der Waals surface area (Å²) >= 11 is 0. The topological polar surface area (TPSA) is 62.2 Å². The van der Waals surface area contributed by atoms with Crippen molar-refractivity contribution in [2.75, 3.05) is 26.2 Å². The lowest BCUT2D eigenvalue weighted by atomic mass is 9.89. The monoisotopic (exact) mass is 386 g/mol. The minimum Gasteiger partial charge on any atom is -0.465 e. The predicted molar refractivity (Wildman–Crippen MR) is 110 cm³/mol. The number of rotatable bonds is 5. The Bertz CT molecular complexity index is 694. The van der Waals surface area contributed by atoms with Crippen molar-refractivity contribution in [3.05, 3.63) is 47.4 Å². The molecular formula is C21H31BN2O4. The summed E-state index contributed by atoms with van der Waals surface area (Å²) in [5.41, 5.74) is 1.88. The van der Waals surface area contributed by atoms with E-state index in [2.05, 4.69) is 62.9 Å². The molecule has 152 valence electrons. The highest BCUT2D eigenvalue weighted by Gasteiger charge is 2.49. The molecule has 0 bridgehead atoms. The first-order chi connectivity index (χ1) is 13.2. The number of nitrogens with zero attached hydrogens (tertiary/aromatic N) is 2. The van der Waals surface area contributed by atoms with Gasteiger partial charge in [-0.05, 0) is 45.2 Å². The van der Waals surface area contributed by atoms with Gasteiger partial charge in [0.2, 0.25) is 0 Å². The van der Waals surface area contributed by atoms with E-state index in [1.165, 1.54) is 16.0 Å². The molecule has 2 saturated heterocycles. The fourth-order valence-electron chi connectivity index (χ4n) is 3.42. The van der Waals surface area contributed by atoms with Crippen molar-refractivity contribution in [1.29, 1.82) is 0 Å². The van der Waals surface area contributed by atoms with Crippen LogP contribution in [0.5, 0.6) is 0 Å². The summed E-state index contributed by atoms with van der Waals surface area (Å²) in [5, 5.41) is 9.02. The van der Waals surface area contributed by atoms with E-state index in [-0.39, 0.29) is 18.3 Å². The average Bonchev–Trinajstić information content (AvgIpc) is 2.83. The van der Waals surface area contributed by atoms with E-state index in [0.29, 0.717) is 13.1 Å². The van der Waals surface area contributed by atoms with Crippen molar-refractivity contribution in [1.82, 2.24) is 9.80 Å². The number of allylic oxidation sites excluding steroid dienone is 1. The van der Waals surface area contributed by atoms with Gasteiger partial charge in [0.25, 0.3) is 0 Å². The Morgan fingerprint density at radius 1 is 1.04 bits per heavy atom. The first-order valence-corrected chi connectivity index (χ1v) is 9.97. The summed E-state index contributed by atoms with van der Waals surface area (Å²) in [4.78, 5) is 14.8. The Labute approximate surface area is 168 Å². The van der Waals surface area contributed by atoms with Crippen molar-refractivity contribution in [2.24, 2.45) is 0 Å². The van der Waals surface area contributed by atoms with Crippen LogP contribution in [0.2, 0.25) is 0 Å². The van der Waals surface area contributed by atoms with Crippen LogP contribution in [0, 0.1) is 0 Å². The highest BCUT2D eigenvalue weighted by atomic mass is 16.7. The molecule has 0 radical (unpaired) electrons. The first kappa shape index (κ1) is 20.9. The zero-order chi connectivity index (χ0) is 20.4. The number of carbonyl (C=O) groups is 1. The van der Waals surface area contributed by atoms with Crippen molar-refractivity contribution in [3.63, 3.8) is 0 Å². The Morgan fingerprint density at radius 3 is 2.11 bits per heavy atom. The molecule has 1 N–H and O–H groups in total. The molecule has 0 spiro atoms. The van der Waals surface area contributed by atoms with Gasteiger partial charge in [-0.3, -0.25) is 4.90 Å². The molecule has 1 aromatic carbocycles. The smallest absolute Gasteiger partial charge is 0.465 e. The van der Waals surface area contributed by atoms with Crippen LogP contribution in [0.25, 0.3) is 0 Å². The molecule has 2 fully saturated rings. The number of hydrogen-bond donors (Lipinski definition) is 1. The van der Waals surface area contributed by atoms with Gasteiger partial charge in [-0.1, -0.05) is 36.3 Å². The molecule has 0 aliphatic carbocycles. The van der Waals surface area contributed by atoms with E-state index < -0.39 is 6.09 Å². The maximum Gasteiger partial charge on any atom is 0.486 e. The van der Waals surface area contributed by atoms with Gasteiger partial charge in [0.05, 0.1) is 11.2 Å². The van der Waals surface area contributed by atoms with Crippen LogP contribution in [-0.4, -0.2) is 65.5 Å². The van der Waals surface area contributed by atoms with E-state index in [9.17, 15) is 4.79 Å². The normalized spacial score (nSPS) is 22.1. The maximum atomic E-state index is 11.0. The second kappa shape index (κ2) is 8.27. The van der Waals surface area contributed by atoms with Crippen molar-refractivity contribution in [3.8, 4) is 0 Å². The molecule has 6 nitrogen and oxygen atoms in total. The number of piperazine rings is 1. The molecule has 28 heavy (non-hydrogen) atoms. The molecule has 0 aromatic heterocycles. The predicted octanol–water partition coefficient (Wildman–Crippen LogP) is 3.21. The van der Waals surface area contributed by atoms with Crippen LogP contribution in [0.4, 0.5) is 4.79 Å². The molecule has 0 unspecified atom stereocenters. The van der Waals surface area contributed by atoms with Crippen LogP contribution >= 0.6 is 0 Å². The lowest BCUT2D eigenvalue weighted by Crippen LogP contribution is -2.47. The fourth-order valence-corrected chi connectivity index (χ4v) is 3.42. The van der Waals surface area contributed by atoms with Gasteiger partial charge in [-0.25, -0.2) is 4.79 Å². The highest BCUT2D eigenvalue weighted by molar-refractivity contribution is 6.51. The van der Waals surface area contributed by atoms with Gasteiger partial charge in [-0.15, -0.1) is 0 Å². The first-order valence-electron chi connectivity index (χ1n) is 9.97. The van der Waals surface area contributed by atoms with Crippen LogP contribution in [0.1, 0.15) is 38.8 Å². The molecule has 2 aliphatic rings. The maximum absolute atomic E-state index is 11.0. The minimum atomic E-state index is -0.822.